The van der Waals surface area contributed by atoms with E-state index in [-0.39, 0.29) is 0 Å². The molecule has 0 saturated carbocycles. The van der Waals surface area contributed by atoms with Crippen LogP contribution in [0.1, 0.15) is 19.8 Å². The number of aromatic nitrogens is 2. The summed E-state index contributed by atoms with van der Waals surface area (Å²) in [5, 5.41) is 14.7. The summed E-state index contributed by atoms with van der Waals surface area (Å²) >= 11 is 1.30. The zero-order chi connectivity index (χ0) is 19.8. The molecule has 2 N–H and O–H groups in total. The highest BCUT2D eigenvalue weighted by molar-refractivity contribution is 7.18. The second kappa shape index (κ2) is 9.70. The standard InChI is InChI=1S/C20H22N4O3S/c1-3-4-13-27-15-11-9-14(10-12-15)18-23-24-20(28-18)22-19(25)21-16-7-5-6-8-17(16)26-2/h5-12H,3-4,13H2,1-2H3,(H2,21,22,24,25). The topological polar surface area (TPSA) is 85.4 Å². The van der Waals surface area contributed by atoms with E-state index in [4.69, 9.17) is 9.47 Å². The zero-order valence-corrected chi connectivity index (χ0v) is 16.6. The van der Waals surface area contributed by atoms with Crippen molar-refractivity contribution in [3.05, 3.63) is 48.5 Å². The van der Waals surface area contributed by atoms with Gasteiger partial charge in [0.05, 0.1) is 19.4 Å². The highest BCUT2D eigenvalue weighted by atomic mass is 32.1. The van der Waals surface area contributed by atoms with Gasteiger partial charge in [-0.15, -0.1) is 10.2 Å². The highest BCUT2D eigenvalue weighted by Crippen LogP contribution is 2.28. The number of amides is 2. The maximum absolute atomic E-state index is 12.2. The van der Waals surface area contributed by atoms with Crippen LogP contribution >= 0.6 is 11.3 Å². The van der Waals surface area contributed by atoms with E-state index in [9.17, 15) is 4.79 Å². The first-order valence-electron chi connectivity index (χ1n) is 8.97. The third-order valence-electron chi connectivity index (χ3n) is 3.87. The largest absolute Gasteiger partial charge is 0.495 e. The second-order valence-corrected chi connectivity index (χ2v) is 6.90. The van der Waals surface area contributed by atoms with Gasteiger partial charge >= 0.3 is 6.03 Å². The van der Waals surface area contributed by atoms with E-state index in [1.165, 1.54) is 11.3 Å². The lowest BCUT2D eigenvalue weighted by molar-refractivity contribution is 0.262. The van der Waals surface area contributed by atoms with Crippen LogP contribution in [0.3, 0.4) is 0 Å². The molecule has 0 radical (unpaired) electrons. The van der Waals surface area contributed by atoms with Crippen molar-refractivity contribution in [3.63, 3.8) is 0 Å². The van der Waals surface area contributed by atoms with E-state index in [0.717, 1.165) is 24.2 Å². The first kappa shape index (κ1) is 19.6. The fourth-order valence-electron chi connectivity index (χ4n) is 2.42. The number of nitrogens with zero attached hydrogens (tertiary/aromatic N) is 2. The van der Waals surface area contributed by atoms with Gasteiger partial charge in [0, 0.05) is 5.56 Å². The molecule has 2 amide bonds. The molecule has 28 heavy (non-hydrogen) atoms. The number of carbonyl (C=O) groups excluding carboxylic acids is 1. The third-order valence-corrected chi connectivity index (χ3v) is 4.76. The molecular weight excluding hydrogens is 376 g/mol. The summed E-state index contributed by atoms with van der Waals surface area (Å²) < 4.78 is 10.9. The van der Waals surface area contributed by atoms with E-state index in [1.54, 1.807) is 19.2 Å². The van der Waals surface area contributed by atoms with Gasteiger partial charge in [-0.2, -0.15) is 0 Å². The smallest absolute Gasteiger partial charge is 0.325 e. The van der Waals surface area contributed by atoms with Crippen molar-refractivity contribution in [2.24, 2.45) is 0 Å². The van der Waals surface area contributed by atoms with E-state index in [2.05, 4.69) is 27.8 Å². The Morgan fingerprint density at radius 1 is 1.07 bits per heavy atom. The van der Waals surface area contributed by atoms with E-state index in [1.807, 2.05) is 36.4 Å². The predicted octanol–water partition coefficient (Wildman–Crippen LogP) is 5.04. The van der Waals surface area contributed by atoms with Gasteiger partial charge in [-0.25, -0.2) is 4.79 Å². The maximum Gasteiger partial charge on any atom is 0.325 e. The molecule has 0 aliphatic rings. The molecule has 1 heterocycles. The van der Waals surface area contributed by atoms with Crippen LogP contribution in [0.5, 0.6) is 11.5 Å². The molecule has 1 aromatic heterocycles. The highest BCUT2D eigenvalue weighted by Gasteiger charge is 2.11. The van der Waals surface area contributed by atoms with Gasteiger partial charge in [0.1, 0.15) is 16.5 Å². The molecule has 3 rings (SSSR count). The van der Waals surface area contributed by atoms with Gasteiger partial charge in [0.25, 0.3) is 0 Å². The molecule has 0 saturated heterocycles. The van der Waals surface area contributed by atoms with Gasteiger partial charge in [-0.1, -0.05) is 36.8 Å². The summed E-state index contributed by atoms with van der Waals surface area (Å²) in [4.78, 5) is 12.2. The van der Waals surface area contributed by atoms with Gasteiger partial charge in [-0.05, 0) is 42.8 Å². The van der Waals surface area contributed by atoms with Gasteiger partial charge < -0.3 is 14.8 Å². The van der Waals surface area contributed by atoms with Crippen molar-refractivity contribution < 1.29 is 14.3 Å². The number of urea groups is 1. The van der Waals surface area contributed by atoms with Crippen LogP contribution < -0.4 is 20.1 Å². The van der Waals surface area contributed by atoms with Crippen molar-refractivity contribution in [2.45, 2.75) is 19.8 Å². The van der Waals surface area contributed by atoms with Crippen LogP contribution in [0.4, 0.5) is 15.6 Å². The number of carbonyl (C=O) groups is 1. The van der Waals surface area contributed by atoms with Crippen LogP contribution in [0, 0.1) is 0 Å². The van der Waals surface area contributed by atoms with E-state index < -0.39 is 6.03 Å². The number of anilines is 2. The average molecular weight is 398 g/mol. The van der Waals surface area contributed by atoms with Crippen molar-refractivity contribution in [3.8, 4) is 22.1 Å². The monoisotopic (exact) mass is 398 g/mol. The van der Waals surface area contributed by atoms with Crippen molar-refractivity contribution in [2.75, 3.05) is 24.4 Å². The first-order valence-corrected chi connectivity index (χ1v) is 9.79. The molecule has 7 nitrogen and oxygen atoms in total. The van der Waals surface area contributed by atoms with E-state index >= 15 is 0 Å². The minimum atomic E-state index is -0.410. The Kier molecular flexibility index (Phi) is 6.80. The van der Waals surface area contributed by atoms with Gasteiger partial charge in [0.15, 0.2) is 0 Å². The number of hydrogen-bond donors (Lipinski definition) is 2. The SMILES string of the molecule is CCCCOc1ccc(-c2nnc(NC(=O)Nc3ccccc3OC)s2)cc1. The molecule has 0 unspecified atom stereocenters. The second-order valence-electron chi connectivity index (χ2n) is 5.92. The Morgan fingerprint density at radius 3 is 2.61 bits per heavy atom. The van der Waals surface area contributed by atoms with Crippen LogP contribution in [0.2, 0.25) is 0 Å². The fourth-order valence-corrected chi connectivity index (χ4v) is 3.16. The Balaban J connectivity index is 1.60. The number of rotatable bonds is 8. The predicted molar refractivity (Wildman–Crippen MR) is 111 cm³/mol. The van der Waals surface area contributed by atoms with E-state index in [0.29, 0.717) is 28.2 Å². The number of methoxy groups -OCH3 is 1. The molecule has 0 bridgehead atoms. The number of ether oxygens (including phenoxy) is 2. The number of hydrogen-bond acceptors (Lipinski definition) is 6. The number of nitrogens with one attached hydrogen (secondary N) is 2. The number of benzene rings is 2. The van der Waals surface area contributed by atoms with Gasteiger partial charge in [0.2, 0.25) is 5.13 Å². The molecule has 0 aliphatic carbocycles. The van der Waals surface area contributed by atoms with Gasteiger partial charge in [-0.3, -0.25) is 5.32 Å². The summed E-state index contributed by atoms with van der Waals surface area (Å²) in [5.74, 6) is 1.41. The summed E-state index contributed by atoms with van der Waals surface area (Å²) in [5.41, 5.74) is 1.49. The number of para-hydroxylation sites is 2. The van der Waals surface area contributed by atoms with Crippen molar-refractivity contribution in [1.29, 1.82) is 0 Å². The Morgan fingerprint density at radius 2 is 1.86 bits per heavy atom. The zero-order valence-electron chi connectivity index (χ0n) is 15.8. The molecule has 0 aliphatic heterocycles. The summed E-state index contributed by atoms with van der Waals surface area (Å²) in [6.45, 7) is 2.84. The lowest BCUT2D eigenvalue weighted by Gasteiger charge is -2.09. The Labute approximate surface area is 167 Å². The minimum absolute atomic E-state index is 0.408. The Bertz CT molecular complexity index is 912. The molecule has 8 heteroatoms. The maximum atomic E-state index is 12.2. The summed E-state index contributed by atoms with van der Waals surface area (Å²) in [7, 11) is 1.55. The molecule has 0 fully saturated rings. The van der Waals surface area contributed by atoms with Crippen LogP contribution in [-0.4, -0.2) is 29.9 Å². The van der Waals surface area contributed by atoms with Crippen LogP contribution in [-0.2, 0) is 0 Å². The normalized spacial score (nSPS) is 10.4. The van der Waals surface area contributed by atoms with Crippen molar-refractivity contribution in [1.82, 2.24) is 10.2 Å². The molecule has 2 aromatic carbocycles. The van der Waals surface area contributed by atoms with Crippen LogP contribution in [0.15, 0.2) is 48.5 Å². The average Bonchev–Trinajstić information content (AvgIpc) is 3.17. The third kappa shape index (κ3) is 5.20. The molecule has 3 aromatic rings. The molecule has 0 spiro atoms. The lowest BCUT2D eigenvalue weighted by Crippen LogP contribution is -2.19. The quantitative estimate of drug-likeness (QED) is 0.520. The summed E-state index contributed by atoms with van der Waals surface area (Å²) in [6, 6.07) is 14.5. The fraction of sp³-hybridized carbons (Fsp3) is 0.250. The van der Waals surface area contributed by atoms with Crippen molar-refractivity contribution >= 4 is 28.2 Å². The molecule has 146 valence electrons. The molecular formula is C20H22N4O3S. The lowest BCUT2D eigenvalue weighted by atomic mass is 10.2. The first-order chi connectivity index (χ1) is 13.7. The molecule has 0 atom stereocenters. The summed E-state index contributed by atoms with van der Waals surface area (Å²) in [6.07, 6.45) is 2.13. The van der Waals surface area contributed by atoms with Crippen LogP contribution in [0.25, 0.3) is 10.6 Å². The minimum Gasteiger partial charge on any atom is -0.495 e. The Hall–Kier alpha value is -3.13. The number of unbranched alkanes of at least 4 members (excludes halogenated alkanes) is 1.